The molecule has 1 aromatic rings. The lowest BCUT2D eigenvalue weighted by atomic mass is 9.58. The number of Topliss-reactive ketones (excluding diaryl/α,β-unsaturated/α-hetero) is 2. The molecule has 0 fully saturated rings. The van der Waals surface area contributed by atoms with Crippen molar-refractivity contribution in [1.29, 1.82) is 0 Å². The van der Waals surface area contributed by atoms with Crippen LogP contribution in [-0.4, -0.2) is 81.3 Å². The van der Waals surface area contributed by atoms with E-state index in [4.69, 9.17) is 5.73 Å². The molecule has 0 heterocycles. The van der Waals surface area contributed by atoms with Crippen molar-refractivity contribution in [2.45, 2.75) is 43.4 Å². The van der Waals surface area contributed by atoms with Gasteiger partial charge in [-0.1, -0.05) is 0 Å². The number of fused-ring (bicyclic) bond motifs is 3. The molecule has 0 aromatic heterocycles. The highest BCUT2D eigenvalue weighted by atomic mass is 19.4. The molecule has 0 unspecified atom stereocenters. The highest BCUT2D eigenvalue weighted by Crippen LogP contribution is 2.53. The first-order valence-electron chi connectivity index (χ1n) is 12.1. The Balaban J connectivity index is 1.92. The van der Waals surface area contributed by atoms with E-state index in [-0.39, 0.29) is 0 Å². The second kappa shape index (κ2) is 9.73. The van der Waals surface area contributed by atoms with Gasteiger partial charge in [-0.15, -0.1) is 0 Å². The van der Waals surface area contributed by atoms with Crippen LogP contribution in [0.3, 0.4) is 0 Å². The Morgan fingerprint density at radius 3 is 2.27 bits per heavy atom. The molecule has 1 amide bonds. The number of primary amides is 1. The van der Waals surface area contributed by atoms with E-state index in [9.17, 15) is 61.2 Å². The zero-order valence-electron chi connectivity index (χ0n) is 21.4. The number of carbonyl (C=O) groups excluding carboxylic acids is 3. The third-order valence-electron chi connectivity index (χ3n) is 7.73. The molecule has 16 heteroatoms. The van der Waals surface area contributed by atoms with Crippen LogP contribution in [0.1, 0.15) is 33.5 Å². The number of hydrogen-bond donors (Lipinski definition) is 6. The van der Waals surface area contributed by atoms with Gasteiger partial charge in [0, 0.05) is 18.0 Å². The molecule has 0 saturated carbocycles. The monoisotopic (exact) mass is 593 g/mol. The quantitative estimate of drug-likeness (QED) is 0.220. The van der Waals surface area contributed by atoms with Gasteiger partial charge in [0.1, 0.15) is 22.8 Å². The van der Waals surface area contributed by atoms with Crippen LogP contribution in [0.25, 0.3) is 0 Å². The number of aliphatic hydroxyl groups is 3. The summed E-state index contributed by atoms with van der Waals surface area (Å²) in [6.45, 7) is -2.59. The number of alkyl halides is 6. The summed E-state index contributed by atoms with van der Waals surface area (Å²) in [5.41, 5.74) is -3.32. The van der Waals surface area contributed by atoms with Gasteiger partial charge in [0.05, 0.1) is 23.7 Å². The van der Waals surface area contributed by atoms with Crippen molar-refractivity contribution in [3.8, 4) is 5.75 Å². The van der Waals surface area contributed by atoms with E-state index < -0.39 is 130 Å². The SMILES string of the molecule is CN(C)[C@@H]1C(O)=C(C(N)=O)C(=O)[C@@]2(O)C(O)=C3C(=O)c4c(O)cc(CNCC(F)(F)F)c(C(F)(F)F)c4C[C@H]3C[C@@H]12. The van der Waals surface area contributed by atoms with E-state index in [0.717, 1.165) is 0 Å². The number of aliphatic hydroxyl groups excluding tert-OH is 2. The van der Waals surface area contributed by atoms with Crippen molar-refractivity contribution < 1.29 is 61.2 Å². The minimum atomic E-state index is -5.18. The number of nitrogens with zero attached hydrogens (tertiary/aromatic N) is 1. The van der Waals surface area contributed by atoms with Crippen molar-refractivity contribution in [3.05, 3.63) is 51.0 Å². The van der Waals surface area contributed by atoms with Crippen LogP contribution in [0.15, 0.2) is 28.7 Å². The molecule has 4 atom stereocenters. The minimum Gasteiger partial charge on any atom is -0.510 e. The second-order valence-electron chi connectivity index (χ2n) is 10.5. The summed E-state index contributed by atoms with van der Waals surface area (Å²) in [6.07, 6.45) is -11.1. The van der Waals surface area contributed by atoms with Gasteiger partial charge in [-0.3, -0.25) is 19.3 Å². The number of benzene rings is 1. The van der Waals surface area contributed by atoms with Crippen LogP contribution < -0.4 is 11.1 Å². The van der Waals surface area contributed by atoms with Gasteiger partial charge in [-0.2, -0.15) is 26.3 Å². The van der Waals surface area contributed by atoms with Crippen molar-refractivity contribution in [2.24, 2.45) is 17.6 Å². The van der Waals surface area contributed by atoms with Crippen LogP contribution in [-0.2, 0) is 28.7 Å². The van der Waals surface area contributed by atoms with E-state index >= 15 is 0 Å². The lowest BCUT2D eigenvalue weighted by Gasteiger charge is -2.50. The molecule has 1 aromatic carbocycles. The molecule has 7 N–H and O–H groups in total. The largest absolute Gasteiger partial charge is 0.510 e. The minimum absolute atomic E-state index is 0.458. The van der Waals surface area contributed by atoms with Crippen molar-refractivity contribution >= 4 is 17.5 Å². The summed E-state index contributed by atoms with van der Waals surface area (Å²) in [5.74, 6) is -10.2. The fourth-order valence-corrected chi connectivity index (χ4v) is 6.22. The highest BCUT2D eigenvalue weighted by Gasteiger charge is 2.63. The van der Waals surface area contributed by atoms with Gasteiger partial charge in [0.15, 0.2) is 11.4 Å². The third kappa shape index (κ3) is 4.72. The predicted molar refractivity (Wildman–Crippen MR) is 126 cm³/mol. The Hall–Kier alpha value is -3.63. The zero-order valence-corrected chi connectivity index (χ0v) is 21.4. The van der Waals surface area contributed by atoms with Crippen molar-refractivity contribution in [3.63, 3.8) is 0 Å². The number of amides is 1. The van der Waals surface area contributed by atoms with Gasteiger partial charge in [-0.05, 0) is 50.0 Å². The number of phenolic OH excluding ortho intramolecular Hbond substituents is 1. The molecule has 3 aliphatic carbocycles. The number of aromatic hydroxyl groups is 1. The molecule has 224 valence electrons. The molecule has 0 bridgehead atoms. The molecule has 3 aliphatic rings. The number of nitrogens with two attached hydrogens (primary N) is 1. The maximum Gasteiger partial charge on any atom is 0.417 e. The number of halogens is 6. The van der Waals surface area contributed by atoms with Crippen LogP contribution in [0, 0.1) is 11.8 Å². The maximum atomic E-state index is 14.3. The number of carbonyl (C=O) groups is 3. The van der Waals surface area contributed by atoms with Crippen molar-refractivity contribution in [2.75, 3.05) is 20.6 Å². The molecule has 0 saturated heterocycles. The molecule has 41 heavy (non-hydrogen) atoms. The van der Waals surface area contributed by atoms with Crippen LogP contribution >= 0.6 is 0 Å². The number of rotatable bonds is 5. The third-order valence-corrected chi connectivity index (χ3v) is 7.73. The number of allylic oxidation sites excluding steroid dienone is 1. The molecule has 0 radical (unpaired) electrons. The normalized spacial score (nSPS) is 26.7. The van der Waals surface area contributed by atoms with E-state index in [1.165, 1.54) is 19.0 Å². The zero-order chi connectivity index (χ0) is 31.0. The number of hydrogen-bond acceptors (Lipinski definition) is 9. The number of nitrogens with one attached hydrogen (secondary N) is 1. The Morgan fingerprint density at radius 2 is 1.76 bits per heavy atom. The Morgan fingerprint density at radius 1 is 1.15 bits per heavy atom. The van der Waals surface area contributed by atoms with Gasteiger partial charge in [0.2, 0.25) is 5.78 Å². The van der Waals surface area contributed by atoms with Gasteiger partial charge in [0.25, 0.3) is 5.91 Å². The summed E-state index contributed by atoms with van der Waals surface area (Å²) >= 11 is 0. The molecule has 10 nitrogen and oxygen atoms in total. The highest BCUT2D eigenvalue weighted by molar-refractivity contribution is 6.24. The van der Waals surface area contributed by atoms with Gasteiger partial charge in [-0.25, -0.2) is 0 Å². The molecule has 0 spiro atoms. The summed E-state index contributed by atoms with van der Waals surface area (Å²) in [6, 6.07) is -0.866. The lowest BCUT2D eigenvalue weighted by molar-refractivity contribution is -0.148. The van der Waals surface area contributed by atoms with E-state index in [1.807, 2.05) is 5.32 Å². The summed E-state index contributed by atoms with van der Waals surface area (Å²) < 4.78 is 80.7. The number of likely N-dealkylation sites (N-methyl/N-ethyl adjacent to an activating group) is 1. The summed E-state index contributed by atoms with van der Waals surface area (Å²) in [7, 11) is 2.76. The smallest absolute Gasteiger partial charge is 0.417 e. The molecular formula is C25H25F6N3O7. The average molecular weight is 593 g/mol. The number of ketones is 2. The standard InChI is InChI=1S/C25H25F6N3O7/c1-34(2)17-11-4-8-3-10-14(12(35)5-9(16(10)25(29,30)31)6-33-7-23(26,27)28)18(36)13(8)20(38)24(11,41)21(39)15(19(17)37)22(32)40/h5,8,11,17,33,35,37-38,41H,3-4,6-7H2,1-2H3,(H2,32,40)/t8-,11-,17-,24-/m0/s1. The predicted octanol–water partition coefficient (Wildman–Crippen LogP) is 1.79. The molecular weight excluding hydrogens is 568 g/mol. The maximum absolute atomic E-state index is 14.3. The summed E-state index contributed by atoms with van der Waals surface area (Å²) in [4.78, 5) is 40.0. The first-order chi connectivity index (χ1) is 18.7. The van der Waals surface area contributed by atoms with Crippen LogP contribution in [0.4, 0.5) is 26.3 Å². The average Bonchev–Trinajstić information content (AvgIpc) is 2.79. The van der Waals surface area contributed by atoms with E-state index in [0.29, 0.717) is 6.07 Å². The molecule has 4 rings (SSSR count). The van der Waals surface area contributed by atoms with Crippen LogP contribution in [0.5, 0.6) is 5.75 Å². The Bertz CT molecular complexity index is 1420. The number of phenols is 1. The van der Waals surface area contributed by atoms with Gasteiger partial charge >= 0.3 is 12.4 Å². The van der Waals surface area contributed by atoms with E-state index in [1.54, 1.807) is 0 Å². The Kier molecular flexibility index (Phi) is 7.20. The second-order valence-corrected chi connectivity index (χ2v) is 10.5. The van der Waals surface area contributed by atoms with E-state index in [2.05, 4.69) is 0 Å². The first-order valence-corrected chi connectivity index (χ1v) is 12.1. The topological polar surface area (TPSA) is 173 Å². The first kappa shape index (κ1) is 30.3. The fourth-order valence-electron chi connectivity index (χ4n) is 6.22. The lowest BCUT2D eigenvalue weighted by Crippen LogP contribution is -2.63. The fraction of sp³-hybridized carbons (Fsp3) is 0.480. The molecule has 0 aliphatic heterocycles. The van der Waals surface area contributed by atoms with Crippen LogP contribution in [0.2, 0.25) is 0 Å². The summed E-state index contributed by atoms with van der Waals surface area (Å²) in [5, 5.41) is 45.8. The van der Waals surface area contributed by atoms with Crippen molar-refractivity contribution in [1.82, 2.24) is 10.2 Å². The Labute approximate surface area is 227 Å². The van der Waals surface area contributed by atoms with Gasteiger partial charge < -0.3 is 31.5 Å².